The minimum absolute atomic E-state index is 0.234. The Labute approximate surface area is 168 Å². The number of thiophene rings is 2. The van der Waals surface area contributed by atoms with Crippen LogP contribution in [0.15, 0.2) is 24.3 Å². The van der Waals surface area contributed by atoms with Crippen LogP contribution >= 0.6 is 22.7 Å². The SMILES string of the molecule is N#Cc1c(NC(=O)COC(=O)c2cc3c(F)cccc3s2)sc2c1CCCC2. The van der Waals surface area contributed by atoms with E-state index in [0.717, 1.165) is 47.5 Å². The standard InChI is InChI=1S/C20H15FN2O3S2/c21-14-5-3-7-16-12(14)8-17(27-16)20(25)26-10-18(24)23-19-13(9-22)11-4-1-2-6-15(11)28-19/h3,5,7-8H,1-2,4,6,10H2,(H,23,24). The number of hydrogen-bond donors (Lipinski definition) is 1. The third-order valence-corrected chi connectivity index (χ3v) is 6.87. The number of carbonyl (C=O) groups is 2. The molecule has 28 heavy (non-hydrogen) atoms. The van der Waals surface area contributed by atoms with Crippen LogP contribution in [0, 0.1) is 17.1 Å². The molecule has 0 spiro atoms. The summed E-state index contributed by atoms with van der Waals surface area (Å²) in [6, 6.07) is 8.22. The van der Waals surface area contributed by atoms with Crippen LogP contribution in [0.25, 0.3) is 10.1 Å². The maximum atomic E-state index is 13.8. The van der Waals surface area contributed by atoms with Gasteiger partial charge in [-0.15, -0.1) is 22.7 Å². The summed E-state index contributed by atoms with van der Waals surface area (Å²) < 4.78 is 19.5. The third kappa shape index (κ3) is 3.51. The lowest BCUT2D eigenvalue weighted by Crippen LogP contribution is -2.20. The third-order valence-electron chi connectivity index (χ3n) is 4.58. The van der Waals surface area contributed by atoms with Gasteiger partial charge in [-0.3, -0.25) is 4.79 Å². The molecule has 1 aromatic carbocycles. The van der Waals surface area contributed by atoms with Gasteiger partial charge in [-0.2, -0.15) is 5.26 Å². The molecule has 3 aromatic rings. The van der Waals surface area contributed by atoms with Crippen molar-refractivity contribution in [3.8, 4) is 6.07 Å². The minimum atomic E-state index is -0.679. The molecule has 142 valence electrons. The second kappa shape index (κ2) is 7.70. The van der Waals surface area contributed by atoms with E-state index in [2.05, 4.69) is 11.4 Å². The Morgan fingerprint density at radius 2 is 2.07 bits per heavy atom. The van der Waals surface area contributed by atoms with Crippen LogP contribution in [-0.4, -0.2) is 18.5 Å². The van der Waals surface area contributed by atoms with Crippen molar-refractivity contribution < 1.29 is 18.7 Å². The quantitative estimate of drug-likeness (QED) is 0.631. The predicted octanol–water partition coefficient (Wildman–Crippen LogP) is 4.65. The van der Waals surface area contributed by atoms with E-state index >= 15 is 0 Å². The molecule has 2 heterocycles. The maximum Gasteiger partial charge on any atom is 0.348 e. The van der Waals surface area contributed by atoms with Gasteiger partial charge in [0.05, 0.1) is 5.56 Å². The van der Waals surface area contributed by atoms with E-state index in [4.69, 9.17) is 4.74 Å². The number of nitriles is 1. The Bertz CT molecular complexity index is 1130. The number of hydrogen-bond acceptors (Lipinski definition) is 6. The van der Waals surface area contributed by atoms with Gasteiger partial charge >= 0.3 is 5.97 Å². The summed E-state index contributed by atoms with van der Waals surface area (Å²) in [5.41, 5.74) is 1.54. The van der Waals surface area contributed by atoms with Crippen LogP contribution in [-0.2, 0) is 22.4 Å². The zero-order chi connectivity index (χ0) is 19.7. The zero-order valence-corrected chi connectivity index (χ0v) is 16.3. The van der Waals surface area contributed by atoms with Crippen molar-refractivity contribution >= 4 is 49.6 Å². The van der Waals surface area contributed by atoms with Crippen LogP contribution in [0.1, 0.15) is 38.5 Å². The second-order valence-electron chi connectivity index (χ2n) is 6.41. The first kappa shape index (κ1) is 18.6. The average molecular weight is 414 g/mol. The molecule has 2 aromatic heterocycles. The number of esters is 1. The lowest BCUT2D eigenvalue weighted by molar-refractivity contribution is -0.119. The maximum absolute atomic E-state index is 13.8. The van der Waals surface area contributed by atoms with Crippen molar-refractivity contribution in [2.75, 3.05) is 11.9 Å². The number of anilines is 1. The number of ether oxygens (including phenoxy) is 1. The van der Waals surface area contributed by atoms with Crippen LogP contribution in [0.3, 0.4) is 0 Å². The van der Waals surface area contributed by atoms with Crippen LogP contribution in [0.5, 0.6) is 0 Å². The molecule has 1 aliphatic rings. The van der Waals surface area contributed by atoms with Crippen molar-refractivity contribution in [3.05, 3.63) is 51.0 Å². The molecule has 1 N–H and O–H groups in total. The van der Waals surface area contributed by atoms with E-state index < -0.39 is 24.3 Å². The van der Waals surface area contributed by atoms with Crippen LogP contribution in [0.4, 0.5) is 9.39 Å². The van der Waals surface area contributed by atoms with E-state index in [1.54, 1.807) is 12.1 Å². The number of fused-ring (bicyclic) bond motifs is 2. The van der Waals surface area contributed by atoms with Crippen molar-refractivity contribution in [1.82, 2.24) is 0 Å². The van der Waals surface area contributed by atoms with Crippen molar-refractivity contribution in [2.45, 2.75) is 25.7 Å². The zero-order valence-electron chi connectivity index (χ0n) is 14.7. The molecule has 0 bridgehead atoms. The number of nitrogens with one attached hydrogen (secondary N) is 1. The predicted molar refractivity (Wildman–Crippen MR) is 106 cm³/mol. The molecule has 0 fully saturated rings. The van der Waals surface area contributed by atoms with E-state index in [1.165, 1.54) is 23.5 Å². The van der Waals surface area contributed by atoms with Gasteiger partial charge in [-0.05, 0) is 49.4 Å². The lowest BCUT2D eigenvalue weighted by Gasteiger charge is -2.09. The lowest BCUT2D eigenvalue weighted by atomic mass is 9.96. The van der Waals surface area contributed by atoms with Gasteiger partial charge in [0.15, 0.2) is 6.61 Å². The number of aryl methyl sites for hydroxylation is 1. The van der Waals surface area contributed by atoms with E-state index in [-0.39, 0.29) is 4.88 Å². The molecule has 0 saturated heterocycles. The topological polar surface area (TPSA) is 79.2 Å². The van der Waals surface area contributed by atoms with E-state index in [0.29, 0.717) is 20.7 Å². The highest BCUT2D eigenvalue weighted by molar-refractivity contribution is 7.20. The Morgan fingerprint density at radius 1 is 1.25 bits per heavy atom. The van der Waals surface area contributed by atoms with Gasteiger partial charge in [-0.1, -0.05) is 6.07 Å². The fraction of sp³-hybridized carbons (Fsp3) is 0.250. The highest BCUT2D eigenvalue weighted by Crippen LogP contribution is 2.37. The molecule has 0 radical (unpaired) electrons. The van der Waals surface area contributed by atoms with Gasteiger partial charge in [0.25, 0.3) is 5.91 Å². The average Bonchev–Trinajstić information content (AvgIpc) is 3.28. The number of amides is 1. The Kier molecular flexibility index (Phi) is 5.11. The van der Waals surface area contributed by atoms with E-state index in [9.17, 15) is 19.2 Å². The Balaban J connectivity index is 1.42. The van der Waals surface area contributed by atoms with Crippen molar-refractivity contribution in [2.24, 2.45) is 0 Å². The molecule has 0 atom stereocenters. The molecule has 1 aliphatic carbocycles. The molecule has 0 unspecified atom stereocenters. The Hall–Kier alpha value is -2.76. The fourth-order valence-corrected chi connectivity index (χ4v) is 5.49. The minimum Gasteiger partial charge on any atom is -0.451 e. The number of carbonyl (C=O) groups excluding carboxylic acids is 2. The van der Waals surface area contributed by atoms with Gasteiger partial charge in [0.2, 0.25) is 0 Å². The number of rotatable bonds is 4. The highest BCUT2D eigenvalue weighted by Gasteiger charge is 2.22. The first-order valence-corrected chi connectivity index (χ1v) is 10.4. The summed E-state index contributed by atoms with van der Waals surface area (Å²) in [5, 5.41) is 13.0. The molecular formula is C20H15FN2O3S2. The highest BCUT2D eigenvalue weighted by atomic mass is 32.1. The second-order valence-corrected chi connectivity index (χ2v) is 8.60. The number of nitrogens with zero attached hydrogens (tertiary/aromatic N) is 1. The smallest absolute Gasteiger partial charge is 0.348 e. The van der Waals surface area contributed by atoms with Gasteiger partial charge in [0.1, 0.15) is 21.8 Å². The van der Waals surface area contributed by atoms with Crippen LogP contribution < -0.4 is 5.32 Å². The largest absolute Gasteiger partial charge is 0.451 e. The normalized spacial score (nSPS) is 13.0. The summed E-state index contributed by atoms with van der Waals surface area (Å²) in [7, 11) is 0. The summed E-state index contributed by atoms with van der Waals surface area (Å²) in [6.07, 6.45) is 3.89. The van der Waals surface area contributed by atoms with Crippen molar-refractivity contribution in [3.63, 3.8) is 0 Å². The summed E-state index contributed by atoms with van der Waals surface area (Å²) in [4.78, 5) is 25.8. The number of halogens is 1. The molecule has 4 rings (SSSR count). The van der Waals surface area contributed by atoms with E-state index in [1.807, 2.05) is 0 Å². The molecule has 0 saturated carbocycles. The molecular weight excluding hydrogens is 399 g/mol. The number of benzene rings is 1. The monoisotopic (exact) mass is 414 g/mol. The molecule has 1 amide bonds. The van der Waals surface area contributed by atoms with Gasteiger partial charge < -0.3 is 10.1 Å². The summed E-state index contributed by atoms with van der Waals surface area (Å²) in [5.74, 6) is -1.59. The fourth-order valence-electron chi connectivity index (χ4n) is 3.26. The molecule has 8 heteroatoms. The van der Waals surface area contributed by atoms with Crippen LogP contribution in [0.2, 0.25) is 0 Å². The van der Waals surface area contributed by atoms with Crippen molar-refractivity contribution in [1.29, 1.82) is 5.26 Å². The summed E-state index contributed by atoms with van der Waals surface area (Å²) in [6.45, 7) is -0.469. The first-order chi connectivity index (χ1) is 13.6. The molecule has 5 nitrogen and oxygen atoms in total. The first-order valence-electron chi connectivity index (χ1n) is 8.76. The molecule has 0 aliphatic heterocycles. The summed E-state index contributed by atoms with van der Waals surface area (Å²) >= 11 is 2.53. The van der Waals surface area contributed by atoms with Gasteiger partial charge in [-0.25, -0.2) is 9.18 Å². The van der Waals surface area contributed by atoms with Gasteiger partial charge in [0, 0.05) is 15.0 Å². The Morgan fingerprint density at radius 3 is 2.86 bits per heavy atom.